The minimum atomic E-state index is -1.70. The molecule has 0 unspecified atom stereocenters. The quantitative estimate of drug-likeness (QED) is 0.130. The standard InChI is InChI=1S/C32H50Br2O2Si2/c1-7-9-11-13-15-17-19-35-29-21-25-26-22-30(36-20-18-16-14-12-10-8-2)28(34)24-32(26)38(5,6)37(3,4)31(25)23-27(29)33/h21-24H,7-20H2,1-6H3. The van der Waals surface area contributed by atoms with E-state index in [4.69, 9.17) is 9.47 Å². The van der Waals surface area contributed by atoms with Gasteiger partial charge >= 0.3 is 0 Å². The Morgan fingerprint density at radius 2 is 0.868 bits per heavy atom. The topological polar surface area (TPSA) is 18.5 Å². The minimum Gasteiger partial charge on any atom is -0.492 e. The van der Waals surface area contributed by atoms with Gasteiger partial charge < -0.3 is 9.47 Å². The third kappa shape index (κ3) is 7.58. The summed E-state index contributed by atoms with van der Waals surface area (Å²) in [5.74, 6) is 1.96. The Hall–Kier alpha value is -0.566. The number of fused-ring (bicyclic) bond motifs is 3. The first kappa shape index (κ1) is 32.0. The van der Waals surface area contributed by atoms with Crippen LogP contribution < -0.4 is 19.8 Å². The third-order valence-corrected chi connectivity index (χ3v) is 27.7. The van der Waals surface area contributed by atoms with Crippen LogP contribution in [0, 0.1) is 0 Å². The molecule has 3 rings (SSSR count). The first-order valence-corrected chi connectivity index (χ1v) is 23.7. The van der Waals surface area contributed by atoms with Gasteiger partial charge in [-0.1, -0.05) is 115 Å². The average Bonchev–Trinajstić information content (AvgIpc) is 2.88. The van der Waals surface area contributed by atoms with Gasteiger partial charge in [0.25, 0.3) is 0 Å². The lowest BCUT2D eigenvalue weighted by Gasteiger charge is -2.45. The maximum Gasteiger partial charge on any atom is 0.134 e. The lowest BCUT2D eigenvalue weighted by Crippen LogP contribution is -2.72. The van der Waals surface area contributed by atoms with Gasteiger partial charge in [0.15, 0.2) is 0 Å². The fourth-order valence-corrected chi connectivity index (χ4v) is 16.3. The second-order valence-corrected chi connectivity index (χ2v) is 28.9. The molecular weight excluding hydrogens is 632 g/mol. The van der Waals surface area contributed by atoms with Gasteiger partial charge in [0.2, 0.25) is 0 Å². The van der Waals surface area contributed by atoms with Gasteiger partial charge in [0.05, 0.1) is 37.3 Å². The first-order chi connectivity index (χ1) is 18.1. The van der Waals surface area contributed by atoms with Crippen molar-refractivity contribution in [3.63, 3.8) is 0 Å². The van der Waals surface area contributed by atoms with Gasteiger partial charge in [0.1, 0.15) is 11.5 Å². The fourth-order valence-electron chi connectivity index (χ4n) is 5.61. The van der Waals surface area contributed by atoms with Gasteiger partial charge in [0, 0.05) is 0 Å². The number of unbranched alkanes of at least 4 members (excludes halogenated alkanes) is 10. The van der Waals surface area contributed by atoms with Crippen molar-refractivity contribution in [2.75, 3.05) is 13.2 Å². The smallest absolute Gasteiger partial charge is 0.134 e. The zero-order valence-electron chi connectivity index (χ0n) is 24.8. The van der Waals surface area contributed by atoms with Crippen LogP contribution in [0.2, 0.25) is 26.2 Å². The van der Waals surface area contributed by atoms with Gasteiger partial charge in [-0.2, -0.15) is 0 Å². The molecule has 0 bridgehead atoms. The lowest BCUT2D eigenvalue weighted by atomic mass is 10.0. The Morgan fingerprint density at radius 1 is 0.526 bits per heavy atom. The highest BCUT2D eigenvalue weighted by Crippen LogP contribution is 2.40. The number of hydrogen-bond acceptors (Lipinski definition) is 2. The summed E-state index contributed by atoms with van der Waals surface area (Å²) in [6.07, 6.45) is 15.3. The highest BCUT2D eigenvalue weighted by molar-refractivity contribution is 9.11. The Bertz CT molecular complexity index is 969. The van der Waals surface area contributed by atoms with Crippen molar-refractivity contribution in [3.8, 4) is 22.6 Å². The van der Waals surface area contributed by atoms with Crippen molar-refractivity contribution >= 4 is 57.4 Å². The average molecular weight is 683 g/mol. The van der Waals surface area contributed by atoms with E-state index in [2.05, 4.69) is 96.2 Å². The maximum atomic E-state index is 6.36. The molecular formula is C32H50Br2O2Si2. The third-order valence-electron chi connectivity index (χ3n) is 8.85. The molecule has 0 radical (unpaired) electrons. The van der Waals surface area contributed by atoms with Crippen LogP contribution >= 0.6 is 31.9 Å². The van der Waals surface area contributed by atoms with Crippen LogP contribution in [0.25, 0.3) is 11.1 Å². The molecule has 0 atom stereocenters. The van der Waals surface area contributed by atoms with Crippen molar-refractivity contribution in [3.05, 3.63) is 33.2 Å². The second-order valence-electron chi connectivity index (χ2n) is 12.1. The Balaban J connectivity index is 1.82. The normalized spacial score (nSPS) is 15.2. The fraction of sp³-hybridized carbons (Fsp3) is 0.625. The largest absolute Gasteiger partial charge is 0.492 e. The van der Waals surface area contributed by atoms with E-state index in [0.717, 1.165) is 46.5 Å². The molecule has 0 N–H and O–H groups in total. The van der Waals surface area contributed by atoms with E-state index in [1.165, 1.54) is 75.3 Å². The van der Waals surface area contributed by atoms with Crippen LogP contribution in [0.4, 0.5) is 0 Å². The molecule has 2 aromatic rings. The monoisotopic (exact) mass is 680 g/mol. The summed E-state index contributed by atoms with van der Waals surface area (Å²) >= 11 is 7.76. The van der Waals surface area contributed by atoms with Crippen LogP contribution in [0.5, 0.6) is 11.5 Å². The molecule has 1 heterocycles. The van der Waals surface area contributed by atoms with Gasteiger partial charge in [-0.25, -0.2) is 0 Å². The first-order valence-electron chi connectivity index (χ1n) is 15.1. The summed E-state index contributed by atoms with van der Waals surface area (Å²) in [5.41, 5.74) is 2.73. The summed E-state index contributed by atoms with van der Waals surface area (Å²) in [6, 6.07) is 9.43. The molecule has 1 aliphatic heterocycles. The van der Waals surface area contributed by atoms with Crippen LogP contribution in [-0.2, 0) is 0 Å². The molecule has 2 nitrogen and oxygen atoms in total. The Labute approximate surface area is 251 Å². The molecule has 2 aromatic carbocycles. The molecule has 0 amide bonds. The number of benzene rings is 2. The zero-order valence-corrected chi connectivity index (χ0v) is 30.0. The summed E-state index contributed by atoms with van der Waals surface area (Å²) in [4.78, 5) is 0. The lowest BCUT2D eigenvalue weighted by molar-refractivity contribution is 0.302. The van der Waals surface area contributed by atoms with Crippen LogP contribution in [0.3, 0.4) is 0 Å². The summed E-state index contributed by atoms with van der Waals surface area (Å²) in [5, 5.41) is 3.12. The van der Waals surface area contributed by atoms with Crippen molar-refractivity contribution in [2.24, 2.45) is 0 Å². The number of hydrogen-bond donors (Lipinski definition) is 0. The molecule has 38 heavy (non-hydrogen) atoms. The van der Waals surface area contributed by atoms with Crippen molar-refractivity contribution < 1.29 is 9.47 Å². The molecule has 0 spiro atoms. The van der Waals surface area contributed by atoms with Crippen LogP contribution in [-0.4, -0.2) is 28.4 Å². The van der Waals surface area contributed by atoms with Crippen molar-refractivity contribution in [2.45, 2.75) is 117 Å². The molecule has 0 saturated carbocycles. The van der Waals surface area contributed by atoms with Gasteiger partial charge in [-0.3, -0.25) is 0 Å². The maximum absolute atomic E-state index is 6.36. The number of ether oxygens (including phenoxy) is 2. The zero-order chi connectivity index (χ0) is 27.8. The highest BCUT2D eigenvalue weighted by atomic mass is 79.9. The van der Waals surface area contributed by atoms with Gasteiger partial charge in [-0.15, -0.1) is 0 Å². The molecule has 212 valence electrons. The predicted octanol–water partition coefficient (Wildman–Crippen LogP) is 10.3. The molecule has 0 aliphatic carbocycles. The van der Waals surface area contributed by atoms with E-state index in [-0.39, 0.29) is 0 Å². The highest BCUT2D eigenvalue weighted by Gasteiger charge is 2.49. The molecule has 0 fully saturated rings. The molecule has 0 aromatic heterocycles. The van der Waals surface area contributed by atoms with E-state index in [0.29, 0.717) is 0 Å². The van der Waals surface area contributed by atoms with Gasteiger partial charge in [-0.05, 0) is 80.1 Å². The number of halogens is 2. The van der Waals surface area contributed by atoms with E-state index in [1.807, 2.05) is 0 Å². The summed E-state index contributed by atoms with van der Waals surface area (Å²) in [7, 11) is -3.39. The SMILES string of the molecule is CCCCCCCCOc1cc2c(cc1Br)[Si](C)(C)[Si](C)(C)c1cc(Br)c(OCCCCCCCC)cc1-2. The number of rotatable bonds is 16. The Kier molecular flexibility index (Phi) is 12.5. The minimum absolute atomic E-state index is 0.782. The van der Waals surface area contributed by atoms with Crippen molar-refractivity contribution in [1.82, 2.24) is 0 Å². The molecule has 6 heteroatoms. The second kappa shape index (κ2) is 14.9. The molecule has 0 saturated heterocycles. The predicted molar refractivity (Wildman–Crippen MR) is 179 cm³/mol. The van der Waals surface area contributed by atoms with Crippen molar-refractivity contribution in [1.29, 1.82) is 0 Å². The van der Waals surface area contributed by atoms with Crippen LogP contribution in [0.15, 0.2) is 33.2 Å². The molecule has 1 aliphatic rings. The summed E-state index contributed by atoms with van der Waals surface area (Å²) in [6.45, 7) is 16.4. The van der Waals surface area contributed by atoms with Crippen LogP contribution in [0.1, 0.15) is 90.9 Å². The van der Waals surface area contributed by atoms with E-state index in [9.17, 15) is 0 Å². The van der Waals surface area contributed by atoms with E-state index in [1.54, 1.807) is 10.4 Å². The van der Waals surface area contributed by atoms with E-state index >= 15 is 0 Å². The summed E-state index contributed by atoms with van der Waals surface area (Å²) < 4.78 is 14.9. The van der Waals surface area contributed by atoms with E-state index < -0.39 is 15.2 Å². The Morgan fingerprint density at radius 3 is 1.24 bits per heavy atom.